The Hall–Kier alpha value is -1.43. The van der Waals surface area contributed by atoms with Crippen LogP contribution in [0.5, 0.6) is 0 Å². The first kappa shape index (κ1) is 17.4. The maximum Gasteiger partial charge on any atom is 0.123 e. The third-order valence-corrected chi connectivity index (χ3v) is 5.54. The summed E-state index contributed by atoms with van der Waals surface area (Å²) >= 11 is 1.70. The van der Waals surface area contributed by atoms with Crippen LogP contribution in [0.25, 0.3) is 0 Å². The molecule has 2 heterocycles. The molecule has 5 heteroatoms. The number of thiophene rings is 1. The van der Waals surface area contributed by atoms with Crippen LogP contribution in [-0.2, 0) is 6.54 Å². The number of anilines is 1. The van der Waals surface area contributed by atoms with E-state index in [0.717, 1.165) is 50.5 Å². The van der Waals surface area contributed by atoms with Crippen molar-refractivity contribution in [3.8, 4) is 0 Å². The summed E-state index contributed by atoms with van der Waals surface area (Å²) in [6.45, 7) is 10.4. The quantitative estimate of drug-likeness (QED) is 0.855. The standard InChI is InChI=1S/C19H26FN3S/c1-3-22-7-9-23(10-8-22)19-5-4-17(20)12-18(19)15(2)21-13-16-6-11-24-14-16/h4-6,11-12,14-15,21H,3,7-10,13H2,1-2H3. The number of piperazine rings is 1. The highest BCUT2D eigenvalue weighted by Crippen LogP contribution is 2.28. The number of nitrogens with zero attached hydrogens (tertiary/aromatic N) is 2. The molecule has 0 spiro atoms. The molecule has 3 nitrogen and oxygen atoms in total. The smallest absolute Gasteiger partial charge is 0.123 e. The van der Waals surface area contributed by atoms with Gasteiger partial charge in [0.1, 0.15) is 5.82 Å². The van der Waals surface area contributed by atoms with Gasteiger partial charge in [-0.25, -0.2) is 4.39 Å². The first-order chi connectivity index (χ1) is 11.7. The highest BCUT2D eigenvalue weighted by molar-refractivity contribution is 7.07. The molecule has 0 amide bonds. The molecule has 0 radical (unpaired) electrons. The Kier molecular flexibility index (Phi) is 5.87. The van der Waals surface area contributed by atoms with Crippen LogP contribution < -0.4 is 10.2 Å². The predicted octanol–water partition coefficient (Wildman–Crippen LogP) is 3.88. The Bertz CT molecular complexity index is 636. The van der Waals surface area contributed by atoms with Gasteiger partial charge in [0.2, 0.25) is 0 Å². The zero-order chi connectivity index (χ0) is 16.9. The van der Waals surface area contributed by atoms with Crippen molar-refractivity contribution in [2.75, 3.05) is 37.6 Å². The molecule has 1 N–H and O–H groups in total. The normalized spacial score (nSPS) is 17.2. The second-order valence-corrected chi connectivity index (χ2v) is 7.14. The van der Waals surface area contributed by atoms with Gasteiger partial charge < -0.3 is 15.1 Å². The van der Waals surface area contributed by atoms with Gasteiger partial charge in [-0.3, -0.25) is 0 Å². The van der Waals surface area contributed by atoms with Gasteiger partial charge in [0, 0.05) is 44.5 Å². The van der Waals surface area contributed by atoms with Crippen molar-refractivity contribution in [3.63, 3.8) is 0 Å². The Labute approximate surface area is 148 Å². The summed E-state index contributed by atoms with van der Waals surface area (Å²) in [5.74, 6) is -0.162. The van der Waals surface area contributed by atoms with Crippen LogP contribution in [0, 0.1) is 5.82 Å². The van der Waals surface area contributed by atoms with Gasteiger partial charge in [-0.1, -0.05) is 6.92 Å². The lowest BCUT2D eigenvalue weighted by molar-refractivity contribution is 0.271. The molecule has 1 saturated heterocycles. The molecule has 1 aromatic heterocycles. The molecule has 1 aliphatic rings. The molecule has 1 unspecified atom stereocenters. The van der Waals surface area contributed by atoms with Gasteiger partial charge in [-0.05, 0) is 59.6 Å². The van der Waals surface area contributed by atoms with Crippen molar-refractivity contribution in [1.82, 2.24) is 10.2 Å². The average Bonchev–Trinajstić information content (AvgIpc) is 3.13. The first-order valence-electron chi connectivity index (χ1n) is 8.68. The number of hydrogen-bond acceptors (Lipinski definition) is 4. The van der Waals surface area contributed by atoms with Crippen molar-refractivity contribution in [3.05, 3.63) is 52.0 Å². The fourth-order valence-electron chi connectivity index (χ4n) is 3.24. The van der Waals surface area contributed by atoms with Crippen LogP contribution in [0.2, 0.25) is 0 Å². The van der Waals surface area contributed by atoms with E-state index in [0.29, 0.717) is 0 Å². The first-order valence-corrected chi connectivity index (χ1v) is 9.63. The van der Waals surface area contributed by atoms with Crippen molar-refractivity contribution < 1.29 is 4.39 Å². The van der Waals surface area contributed by atoms with E-state index >= 15 is 0 Å². The molecule has 130 valence electrons. The van der Waals surface area contributed by atoms with E-state index in [9.17, 15) is 4.39 Å². The molecule has 0 bridgehead atoms. The third kappa shape index (κ3) is 4.15. The number of nitrogens with one attached hydrogen (secondary N) is 1. The lowest BCUT2D eigenvalue weighted by Crippen LogP contribution is -2.46. The molecule has 1 aromatic carbocycles. The zero-order valence-electron chi connectivity index (χ0n) is 14.5. The summed E-state index contributed by atoms with van der Waals surface area (Å²) in [6, 6.07) is 7.44. The van der Waals surface area contributed by atoms with Crippen LogP contribution in [0.4, 0.5) is 10.1 Å². The number of likely N-dealkylation sites (N-methyl/N-ethyl adjacent to an activating group) is 1. The van der Waals surface area contributed by atoms with E-state index in [2.05, 4.69) is 45.8 Å². The summed E-state index contributed by atoms with van der Waals surface area (Å²) in [5, 5.41) is 7.77. The largest absolute Gasteiger partial charge is 0.369 e. The molecule has 0 aliphatic carbocycles. The van der Waals surface area contributed by atoms with Gasteiger partial charge in [-0.15, -0.1) is 0 Å². The van der Waals surface area contributed by atoms with Crippen LogP contribution in [0.15, 0.2) is 35.0 Å². The summed E-state index contributed by atoms with van der Waals surface area (Å²) in [6.07, 6.45) is 0. The van der Waals surface area contributed by atoms with E-state index in [1.54, 1.807) is 23.5 Å². The van der Waals surface area contributed by atoms with Crippen LogP contribution in [0.1, 0.15) is 31.0 Å². The minimum absolute atomic E-state index is 0.111. The fraction of sp³-hybridized carbons (Fsp3) is 0.474. The van der Waals surface area contributed by atoms with Crippen LogP contribution in [-0.4, -0.2) is 37.6 Å². The minimum atomic E-state index is -0.162. The van der Waals surface area contributed by atoms with Crippen LogP contribution in [0.3, 0.4) is 0 Å². The molecule has 1 atom stereocenters. The third-order valence-electron chi connectivity index (χ3n) is 4.81. The molecule has 3 rings (SSSR count). The Balaban J connectivity index is 1.73. The summed E-state index contributed by atoms with van der Waals surface area (Å²) in [7, 11) is 0. The summed E-state index contributed by atoms with van der Waals surface area (Å²) < 4.78 is 13.9. The van der Waals surface area contributed by atoms with Crippen molar-refractivity contribution >= 4 is 17.0 Å². The molecule has 1 aliphatic heterocycles. The van der Waals surface area contributed by atoms with Crippen molar-refractivity contribution in [2.45, 2.75) is 26.4 Å². The lowest BCUT2D eigenvalue weighted by atomic mass is 10.0. The summed E-state index contributed by atoms with van der Waals surface area (Å²) in [4.78, 5) is 4.85. The highest BCUT2D eigenvalue weighted by atomic mass is 32.1. The topological polar surface area (TPSA) is 18.5 Å². The summed E-state index contributed by atoms with van der Waals surface area (Å²) in [5.41, 5.74) is 3.49. The maximum atomic E-state index is 13.9. The fourth-order valence-corrected chi connectivity index (χ4v) is 3.91. The maximum absolute atomic E-state index is 13.9. The Morgan fingerprint density at radius 2 is 2.00 bits per heavy atom. The number of hydrogen-bond donors (Lipinski definition) is 1. The number of rotatable bonds is 6. The van der Waals surface area contributed by atoms with E-state index in [1.807, 2.05) is 6.07 Å². The number of benzene rings is 1. The number of halogens is 1. The zero-order valence-corrected chi connectivity index (χ0v) is 15.3. The monoisotopic (exact) mass is 347 g/mol. The second-order valence-electron chi connectivity index (χ2n) is 6.36. The molecule has 2 aromatic rings. The van der Waals surface area contributed by atoms with E-state index in [4.69, 9.17) is 0 Å². The molecular formula is C19H26FN3S. The van der Waals surface area contributed by atoms with E-state index in [-0.39, 0.29) is 11.9 Å². The predicted molar refractivity (Wildman–Crippen MR) is 100 cm³/mol. The van der Waals surface area contributed by atoms with Gasteiger partial charge in [0.25, 0.3) is 0 Å². The SMILES string of the molecule is CCN1CCN(c2ccc(F)cc2C(C)NCc2ccsc2)CC1. The molecule has 24 heavy (non-hydrogen) atoms. The highest BCUT2D eigenvalue weighted by Gasteiger charge is 2.20. The van der Waals surface area contributed by atoms with Gasteiger partial charge >= 0.3 is 0 Å². The Morgan fingerprint density at radius 3 is 2.67 bits per heavy atom. The molecular weight excluding hydrogens is 321 g/mol. The Morgan fingerprint density at radius 1 is 1.21 bits per heavy atom. The van der Waals surface area contributed by atoms with Gasteiger partial charge in [0.05, 0.1) is 0 Å². The second kappa shape index (κ2) is 8.10. The van der Waals surface area contributed by atoms with Crippen molar-refractivity contribution in [1.29, 1.82) is 0 Å². The van der Waals surface area contributed by atoms with Gasteiger partial charge in [0.15, 0.2) is 0 Å². The van der Waals surface area contributed by atoms with E-state index < -0.39 is 0 Å². The minimum Gasteiger partial charge on any atom is -0.369 e. The van der Waals surface area contributed by atoms with Crippen molar-refractivity contribution in [2.24, 2.45) is 0 Å². The van der Waals surface area contributed by atoms with E-state index in [1.165, 1.54) is 5.56 Å². The lowest BCUT2D eigenvalue weighted by Gasteiger charge is -2.37. The molecule has 0 saturated carbocycles. The average molecular weight is 348 g/mol. The van der Waals surface area contributed by atoms with Gasteiger partial charge in [-0.2, -0.15) is 11.3 Å². The molecule has 1 fully saturated rings. The van der Waals surface area contributed by atoms with Crippen LogP contribution >= 0.6 is 11.3 Å².